The number of hydrogen-bond acceptors (Lipinski definition) is 5. The smallest absolute Gasteiger partial charge is 0.319 e. The molecule has 1 aromatic heterocycles. The van der Waals surface area contributed by atoms with Gasteiger partial charge in [-0.15, -0.1) is 0 Å². The van der Waals surface area contributed by atoms with Crippen molar-refractivity contribution in [2.24, 2.45) is 0 Å². The first-order chi connectivity index (χ1) is 12.5. The zero-order valence-electron chi connectivity index (χ0n) is 13.9. The van der Waals surface area contributed by atoms with E-state index in [0.717, 1.165) is 17.9 Å². The molecule has 3 rings (SSSR count). The summed E-state index contributed by atoms with van der Waals surface area (Å²) in [5.41, 5.74) is 0.138. The fourth-order valence-corrected chi connectivity index (χ4v) is 3.12. The highest BCUT2D eigenvalue weighted by atomic mass is 35.5. The maximum Gasteiger partial charge on any atom is 0.418 e. The summed E-state index contributed by atoms with van der Waals surface area (Å²) in [4.78, 5) is 3.77. The minimum atomic E-state index is -4.77. The summed E-state index contributed by atoms with van der Waals surface area (Å²) in [5, 5.41) is 4.28. The van der Waals surface area contributed by atoms with Crippen LogP contribution in [0.15, 0.2) is 30.9 Å². The largest absolute Gasteiger partial charge is 0.418 e. The molecule has 0 N–H and O–H groups in total. The van der Waals surface area contributed by atoms with E-state index in [1.54, 1.807) is 0 Å². The van der Waals surface area contributed by atoms with Crippen molar-refractivity contribution in [2.45, 2.75) is 44.2 Å². The molecule has 2 heterocycles. The summed E-state index contributed by atoms with van der Waals surface area (Å²) in [6.07, 6.45) is -7.72. The fraction of sp³-hybridized carbons (Fsp3) is 0.467. The molecule has 1 aliphatic rings. The quantitative estimate of drug-likeness (QED) is 0.664. The van der Waals surface area contributed by atoms with Crippen LogP contribution in [0.3, 0.4) is 0 Å². The van der Waals surface area contributed by atoms with E-state index in [9.17, 15) is 17.6 Å². The van der Waals surface area contributed by atoms with Crippen LogP contribution in [0.2, 0.25) is 10.0 Å². The number of alkyl halides is 4. The molecule has 1 fully saturated rings. The van der Waals surface area contributed by atoms with E-state index in [4.69, 9.17) is 32.7 Å². The van der Waals surface area contributed by atoms with Crippen LogP contribution in [0, 0.1) is 0 Å². The maximum absolute atomic E-state index is 13.6. The Morgan fingerprint density at radius 2 is 2.04 bits per heavy atom. The van der Waals surface area contributed by atoms with E-state index in [0.29, 0.717) is 5.02 Å². The van der Waals surface area contributed by atoms with Crippen molar-refractivity contribution in [3.63, 3.8) is 0 Å². The molecule has 27 heavy (non-hydrogen) atoms. The Kier molecular flexibility index (Phi) is 5.15. The lowest BCUT2D eigenvalue weighted by Gasteiger charge is -2.33. The first-order valence-corrected chi connectivity index (χ1v) is 8.30. The standard InChI is InChI=1S/C15H13Cl2F4N3O3/c1-8-13(2,26-14(20,21)12(18)19)27-15(25-8,24-7-22-6-23-24)10-4-3-9(16)5-11(10)17/h3-8,12H,1-2H3. The minimum Gasteiger partial charge on any atom is -0.319 e. The van der Waals surface area contributed by atoms with Crippen molar-refractivity contribution < 1.29 is 31.8 Å². The van der Waals surface area contributed by atoms with E-state index < -0.39 is 30.3 Å². The van der Waals surface area contributed by atoms with Crippen LogP contribution in [0.5, 0.6) is 0 Å². The summed E-state index contributed by atoms with van der Waals surface area (Å²) in [6, 6.07) is 4.26. The van der Waals surface area contributed by atoms with Crippen LogP contribution >= 0.6 is 23.2 Å². The highest BCUT2D eigenvalue weighted by Gasteiger charge is 2.62. The van der Waals surface area contributed by atoms with Crippen LogP contribution in [-0.4, -0.2) is 39.2 Å². The minimum absolute atomic E-state index is 0.0649. The first-order valence-electron chi connectivity index (χ1n) is 7.55. The van der Waals surface area contributed by atoms with E-state index in [1.807, 2.05) is 0 Å². The summed E-state index contributed by atoms with van der Waals surface area (Å²) in [7, 11) is 0. The van der Waals surface area contributed by atoms with Crippen molar-refractivity contribution in [1.82, 2.24) is 14.8 Å². The number of nitrogens with zero attached hydrogens (tertiary/aromatic N) is 3. The van der Waals surface area contributed by atoms with E-state index in [1.165, 1.54) is 31.5 Å². The van der Waals surface area contributed by atoms with Gasteiger partial charge in [-0.25, -0.2) is 13.8 Å². The van der Waals surface area contributed by atoms with Gasteiger partial charge in [0.2, 0.25) is 5.79 Å². The second-order valence-corrected chi connectivity index (χ2v) is 6.73. The topological polar surface area (TPSA) is 58.4 Å². The third kappa shape index (κ3) is 3.52. The van der Waals surface area contributed by atoms with Gasteiger partial charge in [0.25, 0.3) is 0 Å². The summed E-state index contributed by atoms with van der Waals surface area (Å²) < 4.78 is 69.2. The molecule has 0 aliphatic carbocycles. The summed E-state index contributed by atoms with van der Waals surface area (Å²) in [6.45, 7) is 2.38. The Hall–Kier alpha value is -1.46. The summed E-state index contributed by atoms with van der Waals surface area (Å²) in [5.74, 6) is -4.26. The second kappa shape index (κ2) is 6.85. The zero-order valence-corrected chi connectivity index (χ0v) is 15.4. The Morgan fingerprint density at radius 3 is 2.59 bits per heavy atom. The van der Waals surface area contributed by atoms with Crippen molar-refractivity contribution in [3.05, 3.63) is 46.5 Å². The number of rotatable bonds is 5. The highest BCUT2D eigenvalue weighted by Crippen LogP contribution is 2.48. The lowest BCUT2D eigenvalue weighted by Crippen LogP contribution is -2.48. The number of ether oxygens (including phenoxy) is 3. The summed E-state index contributed by atoms with van der Waals surface area (Å²) >= 11 is 12.1. The van der Waals surface area contributed by atoms with Gasteiger partial charge in [-0.05, 0) is 32.0 Å². The molecule has 0 amide bonds. The predicted octanol–water partition coefficient (Wildman–Crippen LogP) is 4.27. The molecule has 1 aliphatic heterocycles. The number of benzene rings is 1. The van der Waals surface area contributed by atoms with Gasteiger partial charge in [-0.1, -0.05) is 23.2 Å². The number of hydrogen-bond donors (Lipinski definition) is 0. The van der Waals surface area contributed by atoms with Crippen LogP contribution in [0.1, 0.15) is 19.4 Å². The van der Waals surface area contributed by atoms with Gasteiger partial charge >= 0.3 is 18.4 Å². The van der Waals surface area contributed by atoms with E-state index in [2.05, 4.69) is 14.8 Å². The third-order valence-electron chi connectivity index (χ3n) is 4.00. The number of halogens is 6. The SMILES string of the molecule is CC1OC(c2ccc(Cl)cc2Cl)(n2cncn2)OC1(C)OC(F)(F)C(F)F. The first kappa shape index (κ1) is 20.3. The molecular formula is C15H13Cl2F4N3O3. The molecule has 148 valence electrons. The third-order valence-corrected chi connectivity index (χ3v) is 4.55. The van der Waals surface area contributed by atoms with Gasteiger partial charge in [0, 0.05) is 5.02 Å². The molecule has 3 unspecified atom stereocenters. The van der Waals surface area contributed by atoms with Crippen molar-refractivity contribution in [2.75, 3.05) is 0 Å². The lowest BCUT2D eigenvalue weighted by molar-refractivity contribution is -0.399. The molecule has 0 saturated carbocycles. The van der Waals surface area contributed by atoms with Crippen molar-refractivity contribution in [3.8, 4) is 0 Å². The highest BCUT2D eigenvalue weighted by molar-refractivity contribution is 6.35. The molecule has 2 aromatic rings. The van der Waals surface area contributed by atoms with Crippen molar-refractivity contribution in [1.29, 1.82) is 0 Å². The van der Waals surface area contributed by atoms with Gasteiger partial charge in [-0.2, -0.15) is 18.6 Å². The molecule has 0 radical (unpaired) electrons. The van der Waals surface area contributed by atoms with Gasteiger partial charge in [0.15, 0.2) is 0 Å². The Labute approximate surface area is 160 Å². The zero-order chi connectivity index (χ0) is 20.0. The average molecular weight is 430 g/mol. The number of aromatic nitrogens is 3. The Morgan fingerprint density at radius 1 is 1.33 bits per heavy atom. The molecule has 3 atom stereocenters. The van der Waals surface area contributed by atoms with Gasteiger partial charge in [-0.3, -0.25) is 9.47 Å². The molecule has 0 spiro atoms. The monoisotopic (exact) mass is 429 g/mol. The lowest BCUT2D eigenvalue weighted by atomic mass is 10.1. The van der Waals surface area contributed by atoms with E-state index in [-0.39, 0.29) is 10.6 Å². The molecule has 12 heteroatoms. The second-order valence-electron chi connectivity index (χ2n) is 5.89. The maximum atomic E-state index is 13.6. The van der Waals surface area contributed by atoms with Gasteiger partial charge in [0.05, 0.1) is 10.6 Å². The van der Waals surface area contributed by atoms with Crippen LogP contribution < -0.4 is 0 Å². The Bertz CT molecular complexity index is 827. The average Bonchev–Trinajstić information content (AvgIpc) is 3.15. The molecule has 6 nitrogen and oxygen atoms in total. The van der Waals surface area contributed by atoms with Crippen LogP contribution in [-0.2, 0) is 20.1 Å². The predicted molar refractivity (Wildman–Crippen MR) is 85.6 cm³/mol. The fourth-order valence-electron chi connectivity index (χ4n) is 2.60. The normalized spacial score (nSPS) is 28.9. The Balaban J connectivity index is 2.09. The van der Waals surface area contributed by atoms with E-state index >= 15 is 0 Å². The van der Waals surface area contributed by atoms with Gasteiger partial charge in [0.1, 0.15) is 18.8 Å². The molecule has 1 aromatic carbocycles. The van der Waals surface area contributed by atoms with Crippen molar-refractivity contribution >= 4 is 23.2 Å². The van der Waals surface area contributed by atoms with Crippen LogP contribution in [0.25, 0.3) is 0 Å². The molecule has 1 saturated heterocycles. The molecule has 0 bridgehead atoms. The van der Waals surface area contributed by atoms with Gasteiger partial charge < -0.3 is 4.74 Å². The molecular weight excluding hydrogens is 417 g/mol. The van der Waals surface area contributed by atoms with Crippen LogP contribution in [0.4, 0.5) is 17.6 Å².